The first kappa shape index (κ1) is 13.3. The number of nitrogens with zero attached hydrogens (tertiary/aromatic N) is 1. The Hall–Kier alpha value is -2.10. The summed E-state index contributed by atoms with van der Waals surface area (Å²) in [6.45, 7) is 2.20. The Morgan fingerprint density at radius 2 is 2.11 bits per heavy atom. The summed E-state index contributed by atoms with van der Waals surface area (Å²) in [4.78, 5) is 24.8. The predicted molar refractivity (Wildman–Crippen MR) is 71.3 cm³/mol. The lowest BCUT2D eigenvalue weighted by molar-refractivity contribution is -0.116. The summed E-state index contributed by atoms with van der Waals surface area (Å²) in [5.74, 6) is 0.0546. The number of hydrogen-bond donors (Lipinski definition) is 0. The molecule has 0 saturated heterocycles. The van der Waals surface area contributed by atoms with Crippen LogP contribution >= 0.6 is 0 Å². The standard InChI is InChI=1S/C15H17NO3/c1-2-13-10-14(17)8-9-16(13)15(18)19-11-12-6-4-3-5-7-12/h3-9,13H,2,10-11H2,1H3/t13-/m0/s1. The number of rotatable bonds is 3. The van der Waals surface area contributed by atoms with Crippen LogP contribution in [-0.4, -0.2) is 22.8 Å². The Morgan fingerprint density at radius 3 is 2.79 bits per heavy atom. The summed E-state index contributed by atoms with van der Waals surface area (Å²) in [6, 6.07) is 9.42. The molecule has 1 heterocycles. The van der Waals surface area contributed by atoms with Gasteiger partial charge in [0.05, 0.1) is 0 Å². The molecule has 0 spiro atoms. The van der Waals surface area contributed by atoms with Crippen LogP contribution in [0.2, 0.25) is 0 Å². The van der Waals surface area contributed by atoms with E-state index in [1.807, 2.05) is 37.3 Å². The summed E-state index contributed by atoms with van der Waals surface area (Å²) < 4.78 is 5.26. The van der Waals surface area contributed by atoms with Gasteiger partial charge in [-0.3, -0.25) is 9.69 Å². The number of allylic oxidation sites excluding steroid dienone is 1. The average Bonchev–Trinajstić information content (AvgIpc) is 2.45. The molecule has 0 unspecified atom stereocenters. The predicted octanol–water partition coefficient (Wildman–Crippen LogP) is 2.89. The second-order valence-electron chi connectivity index (χ2n) is 4.50. The molecular formula is C15H17NO3. The number of ketones is 1. The van der Waals surface area contributed by atoms with E-state index in [4.69, 9.17) is 4.74 Å². The first-order valence-electron chi connectivity index (χ1n) is 6.40. The Kier molecular flexibility index (Phi) is 4.34. The fourth-order valence-corrected chi connectivity index (χ4v) is 2.03. The molecular weight excluding hydrogens is 242 g/mol. The second kappa shape index (κ2) is 6.18. The van der Waals surface area contributed by atoms with Crippen molar-refractivity contribution < 1.29 is 14.3 Å². The monoisotopic (exact) mass is 259 g/mol. The van der Waals surface area contributed by atoms with E-state index in [2.05, 4.69) is 0 Å². The van der Waals surface area contributed by atoms with E-state index in [0.29, 0.717) is 6.42 Å². The molecule has 1 amide bonds. The Morgan fingerprint density at radius 1 is 1.37 bits per heavy atom. The number of amides is 1. The second-order valence-corrected chi connectivity index (χ2v) is 4.50. The van der Waals surface area contributed by atoms with Crippen LogP contribution in [0.3, 0.4) is 0 Å². The molecule has 4 nitrogen and oxygen atoms in total. The lowest BCUT2D eigenvalue weighted by Gasteiger charge is -2.29. The summed E-state index contributed by atoms with van der Waals surface area (Å²) in [5.41, 5.74) is 0.945. The van der Waals surface area contributed by atoms with E-state index in [-0.39, 0.29) is 18.4 Å². The summed E-state index contributed by atoms with van der Waals surface area (Å²) in [5, 5.41) is 0. The van der Waals surface area contributed by atoms with Crippen LogP contribution in [0.15, 0.2) is 42.6 Å². The molecule has 0 bridgehead atoms. The molecule has 4 heteroatoms. The summed E-state index contributed by atoms with van der Waals surface area (Å²) in [6.07, 6.45) is 3.65. The molecule has 19 heavy (non-hydrogen) atoms. The maximum absolute atomic E-state index is 12.0. The van der Waals surface area contributed by atoms with Crippen LogP contribution < -0.4 is 0 Å². The Labute approximate surface area is 112 Å². The Bertz CT molecular complexity index is 481. The molecule has 0 aliphatic carbocycles. The van der Waals surface area contributed by atoms with Gasteiger partial charge >= 0.3 is 6.09 Å². The topological polar surface area (TPSA) is 46.6 Å². The third-order valence-corrected chi connectivity index (χ3v) is 3.14. The zero-order valence-electron chi connectivity index (χ0n) is 10.9. The van der Waals surface area contributed by atoms with Crippen LogP contribution in [0.1, 0.15) is 25.3 Å². The molecule has 1 aliphatic rings. The first-order chi connectivity index (χ1) is 9.20. The quantitative estimate of drug-likeness (QED) is 0.838. The van der Waals surface area contributed by atoms with Crippen LogP contribution in [-0.2, 0) is 16.1 Å². The lowest BCUT2D eigenvalue weighted by Crippen LogP contribution is -2.39. The van der Waals surface area contributed by atoms with Gasteiger partial charge in [0.2, 0.25) is 0 Å². The van der Waals surface area contributed by atoms with Crippen LogP contribution in [0.25, 0.3) is 0 Å². The molecule has 1 aliphatic heterocycles. The number of carbonyl (C=O) groups excluding carboxylic acids is 2. The average molecular weight is 259 g/mol. The molecule has 1 aromatic rings. The van der Waals surface area contributed by atoms with Gasteiger partial charge < -0.3 is 4.74 Å². The molecule has 0 saturated carbocycles. The smallest absolute Gasteiger partial charge is 0.414 e. The van der Waals surface area contributed by atoms with Crippen molar-refractivity contribution in [3.8, 4) is 0 Å². The van der Waals surface area contributed by atoms with Crippen molar-refractivity contribution in [3.05, 3.63) is 48.2 Å². The number of carbonyl (C=O) groups is 2. The maximum atomic E-state index is 12.0. The van der Waals surface area contributed by atoms with Crippen molar-refractivity contribution >= 4 is 11.9 Å². The number of ether oxygens (including phenoxy) is 1. The highest BCUT2D eigenvalue weighted by atomic mass is 16.6. The van der Waals surface area contributed by atoms with Crippen molar-refractivity contribution in [1.82, 2.24) is 4.90 Å². The SMILES string of the molecule is CC[C@H]1CC(=O)C=CN1C(=O)OCc1ccccc1. The van der Waals surface area contributed by atoms with Crippen molar-refractivity contribution in [2.75, 3.05) is 0 Å². The molecule has 0 aromatic heterocycles. The minimum atomic E-state index is -0.403. The van der Waals surface area contributed by atoms with Gasteiger partial charge in [-0.25, -0.2) is 4.79 Å². The highest BCUT2D eigenvalue weighted by molar-refractivity contribution is 5.92. The zero-order valence-corrected chi connectivity index (χ0v) is 10.9. The van der Waals surface area contributed by atoms with E-state index in [9.17, 15) is 9.59 Å². The van der Waals surface area contributed by atoms with Crippen LogP contribution in [0.4, 0.5) is 4.79 Å². The van der Waals surface area contributed by atoms with E-state index in [1.165, 1.54) is 17.2 Å². The minimum absolute atomic E-state index is 0.0546. The third kappa shape index (κ3) is 3.44. The van der Waals surface area contributed by atoms with Gasteiger partial charge in [0.15, 0.2) is 5.78 Å². The van der Waals surface area contributed by atoms with E-state index >= 15 is 0 Å². The largest absolute Gasteiger partial charge is 0.444 e. The molecule has 0 N–H and O–H groups in total. The zero-order chi connectivity index (χ0) is 13.7. The third-order valence-electron chi connectivity index (χ3n) is 3.14. The van der Waals surface area contributed by atoms with Crippen molar-refractivity contribution in [3.63, 3.8) is 0 Å². The maximum Gasteiger partial charge on any atom is 0.414 e. The highest BCUT2D eigenvalue weighted by Gasteiger charge is 2.26. The van der Waals surface area contributed by atoms with E-state index in [1.54, 1.807) is 0 Å². The molecule has 0 fully saturated rings. The first-order valence-corrected chi connectivity index (χ1v) is 6.40. The molecule has 100 valence electrons. The fraction of sp³-hybridized carbons (Fsp3) is 0.333. The van der Waals surface area contributed by atoms with Gasteiger partial charge in [-0.05, 0) is 18.1 Å². The van der Waals surface area contributed by atoms with Gasteiger partial charge in [-0.2, -0.15) is 0 Å². The highest BCUT2D eigenvalue weighted by Crippen LogP contribution is 2.17. The van der Waals surface area contributed by atoms with E-state index in [0.717, 1.165) is 12.0 Å². The number of benzene rings is 1. The summed E-state index contributed by atoms with van der Waals surface area (Å²) >= 11 is 0. The molecule has 1 atom stereocenters. The van der Waals surface area contributed by atoms with Crippen molar-refractivity contribution in [1.29, 1.82) is 0 Å². The Balaban J connectivity index is 1.95. The van der Waals surface area contributed by atoms with Gasteiger partial charge in [-0.15, -0.1) is 0 Å². The van der Waals surface area contributed by atoms with Gasteiger partial charge in [0.1, 0.15) is 6.61 Å². The van der Waals surface area contributed by atoms with Crippen molar-refractivity contribution in [2.45, 2.75) is 32.4 Å². The molecule has 1 aromatic carbocycles. The molecule has 2 rings (SSSR count). The minimum Gasteiger partial charge on any atom is -0.444 e. The van der Waals surface area contributed by atoms with Gasteiger partial charge in [-0.1, -0.05) is 37.3 Å². The van der Waals surface area contributed by atoms with Crippen LogP contribution in [0, 0.1) is 0 Å². The lowest BCUT2D eigenvalue weighted by atomic mass is 10.0. The fourth-order valence-electron chi connectivity index (χ4n) is 2.03. The van der Waals surface area contributed by atoms with Gasteiger partial charge in [0.25, 0.3) is 0 Å². The summed E-state index contributed by atoms with van der Waals surface area (Å²) in [7, 11) is 0. The van der Waals surface area contributed by atoms with Crippen LogP contribution in [0.5, 0.6) is 0 Å². The van der Waals surface area contributed by atoms with Crippen molar-refractivity contribution in [2.24, 2.45) is 0 Å². The molecule has 0 radical (unpaired) electrons. The van der Waals surface area contributed by atoms with E-state index < -0.39 is 6.09 Å². The number of hydrogen-bond acceptors (Lipinski definition) is 3. The van der Waals surface area contributed by atoms with Gasteiger partial charge in [0, 0.05) is 18.7 Å². The normalized spacial score (nSPS) is 18.5.